The molecule has 0 saturated heterocycles. The van der Waals surface area contributed by atoms with Crippen LogP contribution in [0, 0.1) is 13.8 Å². The highest BCUT2D eigenvalue weighted by molar-refractivity contribution is 7.93. The third-order valence-corrected chi connectivity index (χ3v) is 5.89. The van der Waals surface area contributed by atoms with Gasteiger partial charge < -0.3 is 5.32 Å². The number of nitrogens with one attached hydrogen (secondary N) is 1. The van der Waals surface area contributed by atoms with E-state index < -0.39 is 19.7 Å². The zero-order chi connectivity index (χ0) is 17.4. The molecule has 1 aromatic heterocycles. The van der Waals surface area contributed by atoms with Crippen molar-refractivity contribution in [2.45, 2.75) is 30.2 Å². The van der Waals surface area contributed by atoms with Gasteiger partial charge in [-0.25, -0.2) is 21.5 Å². The predicted molar refractivity (Wildman–Crippen MR) is 83.8 cm³/mol. The first-order valence-electron chi connectivity index (χ1n) is 6.57. The summed E-state index contributed by atoms with van der Waals surface area (Å²) in [5.74, 6) is 0.442. The maximum Gasteiger partial charge on any atom is 0.194 e. The molecule has 1 heterocycles. The Morgan fingerprint density at radius 2 is 1.70 bits per heavy atom. The summed E-state index contributed by atoms with van der Waals surface area (Å²) in [4.78, 5) is -0.366. The van der Waals surface area contributed by atoms with Crippen molar-refractivity contribution in [2.75, 3.05) is 17.8 Å². The third-order valence-electron chi connectivity index (χ3n) is 3.35. The van der Waals surface area contributed by atoms with Crippen molar-refractivity contribution in [1.82, 2.24) is 10.3 Å². The third kappa shape index (κ3) is 3.70. The number of aryl methyl sites for hydroxylation is 1. The van der Waals surface area contributed by atoms with Gasteiger partial charge in [-0.3, -0.25) is 0 Å². The van der Waals surface area contributed by atoms with Crippen molar-refractivity contribution in [3.63, 3.8) is 0 Å². The first kappa shape index (κ1) is 17.4. The van der Waals surface area contributed by atoms with Crippen molar-refractivity contribution in [1.29, 1.82) is 0 Å². The van der Waals surface area contributed by atoms with Crippen LogP contribution in [-0.2, 0) is 26.2 Å². The Morgan fingerprint density at radius 1 is 1.04 bits per heavy atom. The zero-order valence-electron chi connectivity index (χ0n) is 13.1. The van der Waals surface area contributed by atoms with Crippen molar-refractivity contribution in [3.05, 3.63) is 29.0 Å². The Hall–Kier alpha value is -1.94. The molecule has 0 aliphatic carbocycles. The molecule has 10 heteroatoms. The Labute approximate surface area is 134 Å². The molecule has 0 aliphatic rings. The summed E-state index contributed by atoms with van der Waals surface area (Å²) in [6.45, 7) is 3.55. The first-order valence-corrected chi connectivity index (χ1v) is 10.4. The number of sulfone groups is 2. The van der Waals surface area contributed by atoms with E-state index >= 15 is 0 Å². The largest absolute Gasteiger partial charge is 0.362 e. The second kappa shape index (κ2) is 5.93. The van der Waals surface area contributed by atoms with E-state index in [1.54, 1.807) is 19.9 Å². The van der Waals surface area contributed by atoms with Gasteiger partial charge >= 0.3 is 0 Å². The second-order valence-electron chi connectivity index (χ2n) is 5.27. The fourth-order valence-electron chi connectivity index (χ4n) is 2.22. The number of nitrogens with zero attached hydrogens (tertiary/aromatic N) is 2. The summed E-state index contributed by atoms with van der Waals surface area (Å²) in [5.41, 5.74) is 1.59. The molecule has 0 atom stereocenters. The molecule has 0 aliphatic heterocycles. The molecule has 0 saturated carbocycles. The highest BCUT2D eigenvalue weighted by Gasteiger charge is 2.24. The minimum Gasteiger partial charge on any atom is -0.362 e. The van der Waals surface area contributed by atoms with Crippen LogP contribution in [0.3, 0.4) is 0 Å². The van der Waals surface area contributed by atoms with Gasteiger partial charge in [-0.1, -0.05) is 11.2 Å². The van der Waals surface area contributed by atoms with Crippen molar-refractivity contribution in [3.8, 4) is 0 Å². The molecule has 0 bridgehead atoms. The Bertz CT molecular complexity index is 946. The van der Waals surface area contributed by atoms with Gasteiger partial charge in [0.1, 0.15) is 5.69 Å². The smallest absolute Gasteiger partial charge is 0.194 e. The minimum absolute atomic E-state index is 0.172. The monoisotopic (exact) mass is 359 g/mol. The number of benzene rings is 1. The van der Waals surface area contributed by atoms with E-state index in [1.165, 1.54) is 6.07 Å². The van der Waals surface area contributed by atoms with Crippen LogP contribution in [0.4, 0.5) is 5.82 Å². The molecular formula is C13H17N3O5S2. The van der Waals surface area contributed by atoms with Gasteiger partial charge in [-0.2, -0.15) is 0 Å². The van der Waals surface area contributed by atoms with Gasteiger partial charge in [0.15, 0.2) is 25.5 Å². The Morgan fingerprint density at radius 3 is 2.17 bits per heavy atom. The first-order chi connectivity index (χ1) is 10.5. The zero-order valence-corrected chi connectivity index (χ0v) is 14.7. The number of hydrogen-bond donors (Lipinski definition) is 1. The van der Waals surface area contributed by atoms with E-state index in [9.17, 15) is 16.8 Å². The van der Waals surface area contributed by atoms with Crippen LogP contribution in [0.5, 0.6) is 0 Å². The van der Waals surface area contributed by atoms with Crippen LogP contribution in [0.2, 0.25) is 0 Å². The molecule has 0 spiro atoms. The van der Waals surface area contributed by atoms with E-state index in [2.05, 4.69) is 20.3 Å². The molecule has 2 aromatic rings. The molecule has 2 rings (SSSR count). The van der Waals surface area contributed by atoms with Crippen molar-refractivity contribution in [2.24, 2.45) is 0 Å². The van der Waals surface area contributed by atoms with Gasteiger partial charge in [0.2, 0.25) is 0 Å². The standard InChI is InChI=1S/C13H17N3O5S2/c1-8-10(7-14-13-9(2)15-21-16-13)5-6-11(22(3,17)18)12(8)23(4,19)20/h5-6H,7H2,1-4H3,(H,14,16). The van der Waals surface area contributed by atoms with Crippen LogP contribution in [-0.4, -0.2) is 39.7 Å². The van der Waals surface area contributed by atoms with Gasteiger partial charge in [0, 0.05) is 19.1 Å². The minimum atomic E-state index is -3.70. The summed E-state index contributed by atoms with van der Waals surface area (Å²) < 4.78 is 52.3. The summed E-state index contributed by atoms with van der Waals surface area (Å²) in [5, 5.41) is 10.3. The van der Waals surface area contributed by atoms with Crippen LogP contribution in [0.15, 0.2) is 26.6 Å². The fraction of sp³-hybridized carbons (Fsp3) is 0.385. The van der Waals surface area contributed by atoms with Gasteiger partial charge in [0.25, 0.3) is 0 Å². The molecule has 1 aromatic carbocycles. The fourth-order valence-corrected chi connectivity index (χ4v) is 5.06. The summed E-state index contributed by atoms with van der Waals surface area (Å²) >= 11 is 0. The van der Waals surface area contributed by atoms with Crippen LogP contribution >= 0.6 is 0 Å². The molecule has 23 heavy (non-hydrogen) atoms. The lowest BCUT2D eigenvalue weighted by atomic mass is 10.1. The SMILES string of the molecule is Cc1nonc1NCc1ccc(S(C)(=O)=O)c(S(C)(=O)=O)c1C. The molecule has 0 radical (unpaired) electrons. The molecule has 0 amide bonds. The van der Waals surface area contributed by atoms with Crippen LogP contribution in [0.25, 0.3) is 0 Å². The average Bonchev–Trinajstić information content (AvgIpc) is 2.80. The van der Waals surface area contributed by atoms with Gasteiger partial charge in [0.05, 0.1) is 9.79 Å². The van der Waals surface area contributed by atoms with Crippen LogP contribution in [0.1, 0.15) is 16.8 Å². The number of aromatic nitrogens is 2. The highest BCUT2D eigenvalue weighted by atomic mass is 32.2. The Kier molecular flexibility index (Phi) is 4.49. The summed E-state index contributed by atoms with van der Waals surface area (Å²) in [6, 6.07) is 2.89. The lowest BCUT2D eigenvalue weighted by Gasteiger charge is -2.14. The molecule has 0 fully saturated rings. The molecule has 1 N–H and O–H groups in total. The van der Waals surface area contributed by atoms with E-state index in [0.29, 0.717) is 22.6 Å². The number of anilines is 1. The Balaban J connectivity index is 2.50. The highest BCUT2D eigenvalue weighted by Crippen LogP contribution is 2.28. The lowest BCUT2D eigenvalue weighted by Crippen LogP contribution is -2.12. The normalized spacial score (nSPS) is 12.3. The average molecular weight is 359 g/mol. The second-order valence-corrected chi connectivity index (χ2v) is 9.21. The van der Waals surface area contributed by atoms with E-state index in [4.69, 9.17) is 0 Å². The maximum atomic E-state index is 12.0. The van der Waals surface area contributed by atoms with Gasteiger partial charge in [-0.05, 0) is 36.2 Å². The predicted octanol–water partition coefficient (Wildman–Crippen LogP) is 1.11. The van der Waals surface area contributed by atoms with Crippen molar-refractivity contribution < 1.29 is 21.5 Å². The van der Waals surface area contributed by atoms with Gasteiger partial charge in [-0.15, -0.1) is 0 Å². The molecule has 126 valence electrons. The van der Waals surface area contributed by atoms with Crippen molar-refractivity contribution >= 4 is 25.5 Å². The lowest BCUT2D eigenvalue weighted by molar-refractivity contribution is 0.306. The maximum absolute atomic E-state index is 12.0. The number of rotatable bonds is 5. The number of hydrogen-bond acceptors (Lipinski definition) is 8. The summed E-state index contributed by atoms with van der Waals surface area (Å²) in [6.07, 6.45) is 1.98. The van der Waals surface area contributed by atoms with E-state index in [0.717, 1.165) is 12.5 Å². The molecular weight excluding hydrogens is 342 g/mol. The topological polar surface area (TPSA) is 119 Å². The van der Waals surface area contributed by atoms with E-state index in [1.807, 2.05) is 0 Å². The quantitative estimate of drug-likeness (QED) is 0.843. The summed E-state index contributed by atoms with van der Waals surface area (Å²) in [7, 11) is -7.36. The van der Waals surface area contributed by atoms with E-state index in [-0.39, 0.29) is 16.3 Å². The molecule has 0 unspecified atom stereocenters. The molecule has 8 nitrogen and oxygen atoms in total. The van der Waals surface area contributed by atoms with Crippen LogP contribution < -0.4 is 5.32 Å².